The number of hydrogen-bond donors (Lipinski definition) is 2. The number of benzene rings is 1. The maximum atomic E-state index is 14.4. The van der Waals surface area contributed by atoms with Crippen molar-refractivity contribution in [2.24, 2.45) is 35.5 Å². The molecule has 4 rings (SSSR count). The summed E-state index contributed by atoms with van der Waals surface area (Å²) >= 11 is 0. The van der Waals surface area contributed by atoms with Crippen molar-refractivity contribution in [1.82, 2.24) is 14.7 Å². The number of ketones is 2. The summed E-state index contributed by atoms with van der Waals surface area (Å²) in [6.07, 6.45) is 5.51. The van der Waals surface area contributed by atoms with Gasteiger partial charge < -0.3 is 30.1 Å². The van der Waals surface area contributed by atoms with E-state index in [-0.39, 0.29) is 85.1 Å². The smallest absolute Gasteiger partial charge is 0.226 e. The van der Waals surface area contributed by atoms with Crippen molar-refractivity contribution in [3.05, 3.63) is 29.8 Å². The molecule has 2 saturated heterocycles. The van der Waals surface area contributed by atoms with Gasteiger partial charge in [-0.1, -0.05) is 53.2 Å². The lowest BCUT2D eigenvalue weighted by Crippen LogP contribution is -2.54. The van der Waals surface area contributed by atoms with E-state index < -0.39 is 24.0 Å². The van der Waals surface area contributed by atoms with Gasteiger partial charge in [0.05, 0.1) is 36.8 Å². The Bertz CT molecular complexity index is 1420. The number of aliphatic hydroxyl groups is 1. The quantitative estimate of drug-likeness (QED) is 0.166. The average molecular weight is 755 g/mol. The predicted octanol–water partition coefficient (Wildman–Crippen LogP) is 5.01. The van der Waals surface area contributed by atoms with Gasteiger partial charge in [-0.15, -0.1) is 0 Å². The standard InChI is InChI=1S/C43H70N4O7/c1-10-27(4)40(46(7)43(52)34(26(2)3)23-37(50)41-31-16-17-33(22-31)45(41)6)38(53-8)24-39(51)47-18-12-15-35(47)42(54-9)28(5)36(49)21-30(25-48)19-29-13-11-14-32(44)20-29/h11,13-14,20,26-28,30-31,33-35,38,40-42,48H,10,12,15-19,21-25,44H2,1-9H3/t27-,28-,30+,31-,33-,34-,35-,38+,40-,41-,42+/m0/s1. The third kappa shape index (κ3) is 10.1. The zero-order valence-electron chi connectivity index (χ0n) is 34.5. The molecular weight excluding hydrogens is 684 g/mol. The summed E-state index contributed by atoms with van der Waals surface area (Å²) in [5.41, 5.74) is 7.56. The monoisotopic (exact) mass is 755 g/mol. The number of hydrogen-bond acceptors (Lipinski definition) is 9. The molecule has 2 amide bonds. The van der Waals surface area contributed by atoms with E-state index in [0.29, 0.717) is 37.0 Å². The summed E-state index contributed by atoms with van der Waals surface area (Å²) in [7, 11) is 7.05. The van der Waals surface area contributed by atoms with Crippen LogP contribution >= 0.6 is 0 Å². The molecule has 0 aromatic heterocycles. The van der Waals surface area contributed by atoms with E-state index in [1.165, 1.54) is 0 Å². The zero-order chi connectivity index (χ0) is 39.9. The molecule has 0 radical (unpaired) electrons. The second-order valence-corrected chi connectivity index (χ2v) is 17.1. The molecule has 11 nitrogen and oxygen atoms in total. The molecule has 1 aromatic rings. The average Bonchev–Trinajstić information content (AvgIpc) is 3.90. The number of ether oxygens (including phenoxy) is 2. The number of carbonyl (C=O) groups excluding carboxylic acids is 4. The molecule has 304 valence electrons. The first-order valence-corrected chi connectivity index (χ1v) is 20.5. The summed E-state index contributed by atoms with van der Waals surface area (Å²) in [6.45, 7) is 10.5. The number of likely N-dealkylation sites (N-methyl/N-ethyl adjacent to an activating group) is 2. The normalized spacial score (nSPS) is 25.3. The number of aliphatic hydroxyl groups excluding tert-OH is 1. The van der Waals surface area contributed by atoms with Gasteiger partial charge in [0.1, 0.15) is 5.78 Å². The Kier molecular flexibility index (Phi) is 16.1. The summed E-state index contributed by atoms with van der Waals surface area (Å²) in [5, 5.41) is 10.1. The molecular formula is C43H70N4O7. The minimum atomic E-state index is -0.569. The number of Topliss-reactive ketones (excluding diaryl/α,β-unsaturated/α-hetero) is 2. The molecule has 3 fully saturated rings. The highest BCUT2D eigenvalue weighted by Crippen LogP contribution is 2.42. The number of carbonyl (C=O) groups is 4. The fourth-order valence-corrected chi connectivity index (χ4v) is 9.97. The second kappa shape index (κ2) is 19.8. The zero-order valence-corrected chi connectivity index (χ0v) is 34.5. The summed E-state index contributed by atoms with van der Waals surface area (Å²) < 4.78 is 12.1. The van der Waals surface area contributed by atoms with Crippen molar-refractivity contribution >= 4 is 29.1 Å². The number of rotatable bonds is 21. The van der Waals surface area contributed by atoms with Crippen LogP contribution in [0.25, 0.3) is 0 Å². The van der Waals surface area contributed by atoms with Crippen LogP contribution in [0, 0.1) is 35.5 Å². The Labute approximate surface area is 324 Å². The van der Waals surface area contributed by atoms with E-state index in [0.717, 1.165) is 37.7 Å². The number of fused-ring (bicyclic) bond motifs is 2. The molecule has 3 aliphatic rings. The van der Waals surface area contributed by atoms with E-state index in [9.17, 15) is 24.3 Å². The lowest BCUT2D eigenvalue weighted by Gasteiger charge is -2.41. The van der Waals surface area contributed by atoms with Gasteiger partial charge in [-0.05, 0) is 86.9 Å². The third-order valence-electron chi connectivity index (χ3n) is 13.4. The van der Waals surface area contributed by atoms with Gasteiger partial charge in [0.25, 0.3) is 0 Å². The summed E-state index contributed by atoms with van der Waals surface area (Å²) in [6, 6.07) is 7.19. The molecule has 3 N–H and O–H groups in total. The third-order valence-corrected chi connectivity index (χ3v) is 13.4. The lowest BCUT2D eigenvalue weighted by atomic mass is 9.83. The van der Waals surface area contributed by atoms with Gasteiger partial charge in [0.2, 0.25) is 11.8 Å². The summed E-state index contributed by atoms with van der Waals surface area (Å²) in [4.78, 5) is 61.9. The van der Waals surface area contributed by atoms with Crippen molar-refractivity contribution in [1.29, 1.82) is 0 Å². The van der Waals surface area contributed by atoms with Crippen LogP contribution in [-0.4, -0.2) is 121 Å². The fraction of sp³-hybridized carbons (Fsp3) is 0.767. The maximum absolute atomic E-state index is 14.4. The number of amides is 2. The molecule has 1 aromatic carbocycles. The number of nitrogens with zero attached hydrogens (tertiary/aromatic N) is 3. The van der Waals surface area contributed by atoms with Gasteiger partial charge in [-0.2, -0.15) is 0 Å². The highest BCUT2D eigenvalue weighted by molar-refractivity contribution is 5.90. The topological polar surface area (TPSA) is 143 Å². The van der Waals surface area contributed by atoms with Crippen LogP contribution < -0.4 is 5.73 Å². The molecule has 1 aliphatic carbocycles. The molecule has 54 heavy (non-hydrogen) atoms. The van der Waals surface area contributed by atoms with Crippen molar-refractivity contribution < 1.29 is 33.8 Å². The Morgan fingerprint density at radius 3 is 2.31 bits per heavy atom. The van der Waals surface area contributed by atoms with Crippen LogP contribution in [0.4, 0.5) is 5.69 Å². The molecule has 0 spiro atoms. The van der Waals surface area contributed by atoms with E-state index in [4.69, 9.17) is 15.2 Å². The first-order valence-electron chi connectivity index (χ1n) is 20.5. The second-order valence-electron chi connectivity index (χ2n) is 17.1. The van der Waals surface area contributed by atoms with Crippen molar-refractivity contribution in [3.8, 4) is 0 Å². The number of piperidine rings is 1. The van der Waals surface area contributed by atoms with Crippen LogP contribution in [0.1, 0.15) is 98.0 Å². The number of nitrogens with two attached hydrogens (primary N) is 1. The Morgan fingerprint density at radius 2 is 1.74 bits per heavy atom. The Morgan fingerprint density at radius 1 is 1.02 bits per heavy atom. The largest absolute Gasteiger partial charge is 0.399 e. The minimum Gasteiger partial charge on any atom is -0.399 e. The molecule has 2 aliphatic heterocycles. The molecule has 11 heteroatoms. The van der Waals surface area contributed by atoms with Crippen LogP contribution in [-0.2, 0) is 35.1 Å². The number of nitrogen functional groups attached to an aromatic ring is 1. The number of likely N-dealkylation sites (tertiary alicyclic amines) is 2. The Balaban J connectivity index is 1.44. The van der Waals surface area contributed by atoms with Gasteiger partial charge in [0, 0.05) is 70.8 Å². The first-order chi connectivity index (χ1) is 25.7. The van der Waals surface area contributed by atoms with Crippen LogP contribution in [0.3, 0.4) is 0 Å². The molecule has 2 bridgehead atoms. The van der Waals surface area contributed by atoms with E-state index >= 15 is 0 Å². The molecule has 2 heterocycles. The van der Waals surface area contributed by atoms with E-state index in [2.05, 4.69) is 25.8 Å². The minimum absolute atomic E-state index is 0.0129. The van der Waals surface area contributed by atoms with Gasteiger partial charge in [-0.25, -0.2) is 0 Å². The van der Waals surface area contributed by atoms with Crippen LogP contribution in [0.15, 0.2) is 24.3 Å². The van der Waals surface area contributed by atoms with Crippen molar-refractivity contribution in [2.45, 2.75) is 135 Å². The van der Waals surface area contributed by atoms with E-state index in [1.807, 2.05) is 49.9 Å². The van der Waals surface area contributed by atoms with Gasteiger partial charge in [0.15, 0.2) is 5.78 Å². The van der Waals surface area contributed by atoms with Crippen LogP contribution in [0.2, 0.25) is 0 Å². The van der Waals surface area contributed by atoms with Gasteiger partial charge in [-0.3, -0.25) is 24.1 Å². The molecule has 0 unspecified atom stereocenters. The SMILES string of the molecule is CC[C@H](C)[C@@H]([C@@H](CC(=O)N1CCC[C@H]1[C@H](OC)[C@@H](C)C(=O)C[C@H](CO)Cc1cccc(N)c1)OC)N(C)C(=O)[C@@H](CC(=O)[C@@H]1[C@H]2CC[C@@H](C2)N1C)C(C)C. The fourth-order valence-electron chi connectivity index (χ4n) is 9.97. The predicted molar refractivity (Wildman–Crippen MR) is 212 cm³/mol. The van der Waals surface area contributed by atoms with Crippen molar-refractivity contribution in [3.63, 3.8) is 0 Å². The van der Waals surface area contributed by atoms with Crippen molar-refractivity contribution in [2.75, 3.05) is 47.2 Å². The first kappa shape index (κ1) is 43.9. The van der Waals surface area contributed by atoms with Crippen LogP contribution in [0.5, 0.6) is 0 Å². The lowest BCUT2D eigenvalue weighted by molar-refractivity contribution is -0.149. The maximum Gasteiger partial charge on any atom is 0.226 e. The van der Waals surface area contributed by atoms with E-state index in [1.54, 1.807) is 26.2 Å². The number of anilines is 1. The molecule has 11 atom stereocenters. The Hall–Kier alpha value is -2.86. The highest BCUT2D eigenvalue weighted by atomic mass is 16.5. The molecule has 1 saturated carbocycles. The van der Waals surface area contributed by atoms with Gasteiger partial charge >= 0.3 is 0 Å². The highest BCUT2D eigenvalue weighted by Gasteiger charge is 2.48. The summed E-state index contributed by atoms with van der Waals surface area (Å²) in [5.74, 6) is -0.844. The number of methoxy groups -OCH3 is 2.